The lowest BCUT2D eigenvalue weighted by Crippen LogP contribution is -2.73. The van der Waals surface area contributed by atoms with Crippen molar-refractivity contribution in [3.05, 3.63) is 77.1 Å². The molecule has 0 aromatic heterocycles. The van der Waals surface area contributed by atoms with E-state index in [1.807, 2.05) is 0 Å². The molecule has 0 spiro atoms. The van der Waals surface area contributed by atoms with E-state index in [-0.39, 0.29) is 46.1 Å². The standard InChI is InChI=1S/C36H40N2O14S/c1-16-27(39)24(51-33(43)19-13-22(47-4)23(48-5)14-21(19)37-32(42)17(2)46-3)15-26(50-16)52-31-28(40)29(38-34(44)49-6)36-25(11-12-53-36)35(31,45)20-10-8-7-9-18(20)30(36)41/h7-11,13-14,16,24,26-27,29-31,39,41,45H,2,12,15H2,1,3-6H3,(H,37,42)(H,38,44)/t16-,24-,26-,27+,29?,30?,31?,35?,36?/m0/s1. The normalized spacial score (nSPS) is 31.2. The molecule has 9 atom stereocenters. The summed E-state index contributed by atoms with van der Waals surface area (Å²) >= 11 is 1.20. The number of esters is 1. The molecule has 2 bridgehead atoms. The first kappa shape index (κ1) is 38.1. The Morgan fingerprint density at radius 2 is 1.74 bits per heavy atom. The van der Waals surface area contributed by atoms with Crippen molar-refractivity contribution in [1.29, 1.82) is 0 Å². The van der Waals surface area contributed by atoms with Crippen molar-refractivity contribution in [3.63, 3.8) is 0 Å². The number of benzene rings is 2. The van der Waals surface area contributed by atoms with Crippen molar-refractivity contribution in [2.45, 2.75) is 66.5 Å². The van der Waals surface area contributed by atoms with Crippen LogP contribution in [0.3, 0.4) is 0 Å². The Bertz CT molecular complexity index is 1870. The number of ether oxygens (including phenoxy) is 7. The fourth-order valence-corrected chi connectivity index (χ4v) is 8.95. The van der Waals surface area contributed by atoms with E-state index in [2.05, 4.69) is 17.2 Å². The highest BCUT2D eigenvalue weighted by Crippen LogP contribution is 2.64. The van der Waals surface area contributed by atoms with Crippen LogP contribution >= 0.6 is 11.8 Å². The van der Waals surface area contributed by atoms with E-state index >= 15 is 0 Å². The molecule has 5 N–H and O–H groups in total. The Morgan fingerprint density at radius 3 is 2.42 bits per heavy atom. The lowest BCUT2D eigenvalue weighted by Gasteiger charge is -2.58. The second-order valence-corrected chi connectivity index (χ2v) is 14.0. The highest BCUT2D eigenvalue weighted by molar-refractivity contribution is 8.01. The van der Waals surface area contributed by atoms with Crippen LogP contribution in [0.4, 0.5) is 10.5 Å². The van der Waals surface area contributed by atoms with Gasteiger partial charge in [0.05, 0.1) is 50.5 Å². The third-order valence-corrected chi connectivity index (χ3v) is 11.5. The SMILES string of the molecule is C=C(OC)C(=O)Nc1cc(OC)c(OC)cc1C(=O)O[C@H]1C[C@H](OC2C(=O)C(NC(=O)OC)C34SCC=C3C2(O)c2ccccc2C4O)O[C@@H](C)[C@H]1O. The number of thioether (sulfide) groups is 1. The van der Waals surface area contributed by atoms with Gasteiger partial charge in [-0.25, -0.2) is 9.59 Å². The van der Waals surface area contributed by atoms with Gasteiger partial charge >= 0.3 is 12.1 Å². The number of fused-ring (bicyclic) bond motifs is 2. The van der Waals surface area contributed by atoms with Crippen LogP contribution in [0.1, 0.15) is 40.9 Å². The molecule has 284 valence electrons. The van der Waals surface area contributed by atoms with Crippen LogP contribution < -0.4 is 20.1 Å². The number of hydrogen-bond acceptors (Lipinski definition) is 15. The summed E-state index contributed by atoms with van der Waals surface area (Å²) in [6.07, 6.45) is -7.58. The number of amides is 2. The number of carbonyl (C=O) groups excluding carboxylic acids is 4. The first-order valence-corrected chi connectivity index (χ1v) is 17.5. The third-order valence-electron chi connectivity index (χ3n) is 10.0. The Morgan fingerprint density at radius 1 is 1.04 bits per heavy atom. The summed E-state index contributed by atoms with van der Waals surface area (Å²) in [5, 5.41) is 40.7. The number of aliphatic hydroxyl groups is 3. The number of alkyl carbamates (subject to hydrolysis) is 1. The maximum Gasteiger partial charge on any atom is 0.407 e. The maximum absolute atomic E-state index is 14.5. The number of aliphatic hydroxyl groups excluding tert-OH is 2. The Hall–Kier alpha value is -4.65. The largest absolute Gasteiger partial charge is 0.493 e. The molecule has 2 aromatic carbocycles. The molecule has 2 fully saturated rings. The predicted octanol–water partition coefficient (Wildman–Crippen LogP) is 1.86. The smallest absolute Gasteiger partial charge is 0.407 e. The molecule has 1 saturated heterocycles. The van der Waals surface area contributed by atoms with Crippen LogP contribution in [-0.2, 0) is 38.9 Å². The molecule has 4 aliphatic rings. The molecule has 16 nitrogen and oxygen atoms in total. The molecular formula is C36H40N2O14S. The second-order valence-electron chi connectivity index (χ2n) is 12.7. The molecule has 6 rings (SSSR count). The quantitative estimate of drug-likeness (QED) is 0.101. The third kappa shape index (κ3) is 6.20. The summed E-state index contributed by atoms with van der Waals surface area (Å²) in [4.78, 5) is 53.5. The average molecular weight is 757 g/mol. The molecule has 2 aliphatic carbocycles. The van der Waals surface area contributed by atoms with Crippen molar-refractivity contribution in [1.82, 2.24) is 5.32 Å². The number of nitrogens with one attached hydrogen (secondary N) is 2. The molecule has 1 saturated carbocycles. The highest BCUT2D eigenvalue weighted by Gasteiger charge is 2.72. The average Bonchev–Trinajstić information content (AvgIpc) is 3.63. The van der Waals surface area contributed by atoms with Gasteiger partial charge in [-0.1, -0.05) is 36.9 Å². The zero-order valence-corrected chi connectivity index (χ0v) is 30.3. The topological polar surface area (TPSA) is 218 Å². The van der Waals surface area contributed by atoms with Gasteiger partial charge in [0.25, 0.3) is 5.91 Å². The van der Waals surface area contributed by atoms with Gasteiger partial charge in [0, 0.05) is 24.3 Å². The minimum absolute atomic E-state index is 0.0400. The maximum atomic E-state index is 14.5. The highest BCUT2D eigenvalue weighted by atomic mass is 32.2. The summed E-state index contributed by atoms with van der Waals surface area (Å²) in [7, 11) is 5.11. The first-order chi connectivity index (χ1) is 25.3. The van der Waals surface area contributed by atoms with Crippen LogP contribution in [0.2, 0.25) is 0 Å². The van der Waals surface area contributed by atoms with Gasteiger partial charge in [-0.2, -0.15) is 0 Å². The zero-order valence-electron chi connectivity index (χ0n) is 29.4. The molecule has 17 heteroatoms. The Kier molecular flexibility index (Phi) is 10.5. The molecule has 2 heterocycles. The van der Waals surface area contributed by atoms with Crippen LogP contribution in [0.15, 0.2) is 60.4 Å². The van der Waals surface area contributed by atoms with Gasteiger partial charge in [-0.3, -0.25) is 9.59 Å². The van der Waals surface area contributed by atoms with Crippen LogP contribution in [0.5, 0.6) is 11.5 Å². The van der Waals surface area contributed by atoms with Gasteiger partial charge in [0.1, 0.15) is 30.0 Å². The van der Waals surface area contributed by atoms with Gasteiger partial charge in [0.2, 0.25) is 0 Å². The van der Waals surface area contributed by atoms with Gasteiger partial charge in [-0.15, -0.1) is 11.8 Å². The number of ketones is 1. The lowest BCUT2D eigenvalue weighted by molar-refractivity contribution is -0.275. The van der Waals surface area contributed by atoms with E-state index in [0.717, 1.165) is 7.11 Å². The van der Waals surface area contributed by atoms with Crippen molar-refractivity contribution >= 4 is 41.2 Å². The molecule has 2 aromatic rings. The van der Waals surface area contributed by atoms with E-state index in [9.17, 15) is 34.5 Å². The minimum Gasteiger partial charge on any atom is -0.493 e. The second kappa shape index (κ2) is 14.6. The number of anilines is 1. The summed E-state index contributed by atoms with van der Waals surface area (Å²) in [5.74, 6) is -2.12. The molecule has 5 unspecified atom stereocenters. The van der Waals surface area contributed by atoms with Crippen LogP contribution in [0.25, 0.3) is 0 Å². The minimum atomic E-state index is -2.11. The molecule has 2 amide bonds. The summed E-state index contributed by atoms with van der Waals surface area (Å²) in [5.41, 5.74) is -1.47. The zero-order chi connectivity index (χ0) is 38.4. The van der Waals surface area contributed by atoms with E-state index in [1.54, 1.807) is 30.3 Å². The number of methoxy groups -OCH3 is 4. The Balaban J connectivity index is 1.33. The molecule has 0 radical (unpaired) electrons. The van der Waals surface area contributed by atoms with Crippen molar-refractivity contribution in [2.75, 3.05) is 39.5 Å². The Labute approximate surface area is 308 Å². The predicted molar refractivity (Wildman–Crippen MR) is 186 cm³/mol. The van der Waals surface area contributed by atoms with E-state index in [1.165, 1.54) is 52.1 Å². The number of Topliss-reactive ketones (excluding diaryl/α,β-unsaturated/α-hetero) is 1. The van der Waals surface area contributed by atoms with E-state index in [4.69, 9.17) is 33.2 Å². The molecule has 53 heavy (non-hydrogen) atoms. The van der Waals surface area contributed by atoms with Gasteiger partial charge < -0.3 is 59.1 Å². The van der Waals surface area contributed by atoms with Gasteiger partial charge in [-0.05, 0) is 23.6 Å². The number of hydrogen-bond donors (Lipinski definition) is 5. The van der Waals surface area contributed by atoms with Gasteiger partial charge in [0.15, 0.2) is 35.4 Å². The fraction of sp³-hybridized carbons (Fsp3) is 0.444. The van der Waals surface area contributed by atoms with E-state index in [0.29, 0.717) is 11.3 Å². The number of rotatable bonds is 10. The van der Waals surface area contributed by atoms with Crippen molar-refractivity contribution < 1.29 is 67.7 Å². The summed E-state index contributed by atoms with van der Waals surface area (Å²) in [6.45, 7) is 5.03. The van der Waals surface area contributed by atoms with Crippen molar-refractivity contribution in [3.8, 4) is 11.5 Å². The number of carbonyl (C=O) groups is 4. The fourth-order valence-electron chi connectivity index (χ4n) is 7.41. The lowest BCUT2D eigenvalue weighted by atomic mass is 9.57. The van der Waals surface area contributed by atoms with Crippen molar-refractivity contribution in [2.24, 2.45) is 0 Å². The van der Waals surface area contributed by atoms with Crippen LogP contribution in [0, 0.1) is 0 Å². The van der Waals surface area contributed by atoms with E-state index < -0.39 is 77.0 Å². The summed E-state index contributed by atoms with van der Waals surface area (Å²) in [6, 6.07) is 7.77. The molecule has 2 aliphatic heterocycles. The monoisotopic (exact) mass is 756 g/mol. The van der Waals surface area contributed by atoms with Crippen LogP contribution in [-0.4, -0.2) is 115 Å². The molecular weight excluding hydrogens is 716 g/mol. The summed E-state index contributed by atoms with van der Waals surface area (Å²) < 4.78 is 37.0. The first-order valence-electron chi connectivity index (χ1n) is 16.5.